The molecule has 1 aromatic heterocycles. The molecule has 0 aliphatic rings. The van der Waals surface area contributed by atoms with E-state index in [0.29, 0.717) is 13.1 Å². The van der Waals surface area contributed by atoms with Crippen molar-refractivity contribution in [3.05, 3.63) is 35.0 Å². The molecule has 2 amide bonds. The van der Waals surface area contributed by atoms with Crippen molar-refractivity contribution in [2.24, 2.45) is 5.41 Å². The second kappa shape index (κ2) is 7.41. The van der Waals surface area contributed by atoms with Crippen LogP contribution in [-0.4, -0.2) is 29.3 Å². The van der Waals surface area contributed by atoms with Crippen LogP contribution in [-0.2, 0) is 16.1 Å². The third-order valence-corrected chi connectivity index (χ3v) is 3.85. The molecular weight excluding hydrogens is 284 g/mol. The lowest BCUT2D eigenvalue weighted by atomic mass is 9.95. The largest absolute Gasteiger partial charge is 0.344 e. The lowest BCUT2D eigenvalue weighted by Crippen LogP contribution is -2.49. The van der Waals surface area contributed by atoms with Crippen LogP contribution in [0.5, 0.6) is 0 Å². The van der Waals surface area contributed by atoms with E-state index in [1.165, 1.54) is 0 Å². The van der Waals surface area contributed by atoms with Crippen LogP contribution in [0.2, 0.25) is 0 Å². The summed E-state index contributed by atoms with van der Waals surface area (Å²) in [7, 11) is 0. The second-order valence-corrected chi connectivity index (χ2v) is 7.06. The van der Waals surface area contributed by atoms with Gasteiger partial charge in [-0.25, -0.2) is 0 Å². The van der Waals surface area contributed by atoms with Crippen molar-refractivity contribution in [1.29, 1.82) is 0 Å². The Morgan fingerprint density at radius 3 is 2.62 bits per heavy atom. The third kappa shape index (κ3) is 5.34. The lowest BCUT2D eigenvalue weighted by molar-refractivity contribution is -0.138. The van der Waals surface area contributed by atoms with Crippen molar-refractivity contribution in [3.8, 4) is 0 Å². The summed E-state index contributed by atoms with van der Waals surface area (Å²) in [6.45, 7) is 11.9. The maximum atomic E-state index is 12.5. The van der Waals surface area contributed by atoms with Crippen molar-refractivity contribution in [3.63, 3.8) is 0 Å². The van der Waals surface area contributed by atoms with Crippen molar-refractivity contribution in [2.75, 3.05) is 6.54 Å². The van der Waals surface area contributed by atoms with Crippen LogP contribution in [0.1, 0.15) is 32.6 Å². The highest BCUT2D eigenvalue weighted by atomic mass is 32.1. The van der Waals surface area contributed by atoms with Crippen molar-refractivity contribution in [2.45, 2.75) is 40.3 Å². The summed E-state index contributed by atoms with van der Waals surface area (Å²) in [5.74, 6) is -0.223. The normalized spacial score (nSPS) is 12.6. The third-order valence-electron chi connectivity index (χ3n) is 2.99. The molecule has 1 aromatic rings. The maximum Gasteiger partial charge on any atom is 0.245 e. The number of carbonyl (C=O) groups excluding carboxylic acids is 2. The van der Waals surface area contributed by atoms with Crippen LogP contribution < -0.4 is 5.32 Å². The summed E-state index contributed by atoms with van der Waals surface area (Å²) in [6, 6.07) is 3.41. The van der Waals surface area contributed by atoms with E-state index in [2.05, 4.69) is 11.9 Å². The Morgan fingerprint density at radius 2 is 2.14 bits per heavy atom. The van der Waals surface area contributed by atoms with Crippen LogP contribution in [0.4, 0.5) is 0 Å². The van der Waals surface area contributed by atoms with Crippen LogP contribution in [0.25, 0.3) is 0 Å². The number of hydrogen-bond acceptors (Lipinski definition) is 3. The van der Waals surface area contributed by atoms with Gasteiger partial charge in [-0.05, 0) is 18.4 Å². The van der Waals surface area contributed by atoms with E-state index in [0.717, 1.165) is 4.88 Å². The van der Waals surface area contributed by atoms with Crippen LogP contribution in [0.15, 0.2) is 30.2 Å². The Balaban J connectivity index is 2.71. The SMILES string of the molecule is C=CCN(Cc1cccs1)C(=O)C(C)NC(=O)C(C)(C)C. The van der Waals surface area contributed by atoms with Gasteiger partial charge in [0.1, 0.15) is 6.04 Å². The van der Waals surface area contributed by atoms with Crippen molar-refractivity contribution in [1.82, 2.24) is 10.2 Å². The minimum Gasteiger partial charge on any atom is -0.344 e. The van der Waals surface area contributed by atoms with Crippen LogP contribution in [0.3, 0.4) is 0 Å². The standard InChI is InChI=1S/C16H24N2O2S/c1-6-9-18(11-13-8-7-10-21-13)14(19)12(2)17-15(20)16(3,4)5/h6-8,10,12H,1,9,11H2,2-5H3,(H,17,20). The first-order valence-corrected chi connectivity index (χ1v) is 7.86. The van der Waals surface area contributed by atoms with Gasteiger partial charge in [0.05, 0.1) is 6.54 Å². The Labute approximate surface area is 130 Å². The first-order valence-electron chi connectivity index (χ1n) is 6.98. The molecule has 1 atom stereocenters. The summed E-state index contributed by atoms with van der Waals surface area (Å²) in [4.78, 5) is 27.3. The molecule has 0 aliphatic carbocycles. The molecule has 0 spiro atoms. The van der Waals surface area contributed by atoms with Gasteiger partial charge in [-0.3, -0.25) is 9.59 Å². The fraction of sp³-hybridized carbons (Fsp3) is 0.500. The average molecular weight is 308 g/mol. The zero-order chi connectivity index (χ0) is 16.0. The summed E-state index contributed by atoms with van der Waals surface area (Å²) in [5.41, 5.74) is -0.508. The number of rotatable bonds is 6. The molecule has 1 unspecified atom stereocenters. The number of nitrogens with one attached hydrogen (secondary N) is 1. The number of nitrogens with zero attached hydrogens (tertiary/aromatic N) is 1. The fourth-order valence-electron chi connectivity index (χ4n) is 1.73. The minimum atomic E-state index is -0.545. The van der Waals surface area contributed by atoms with Gasteiger partial charge in [0.2, 0.25) is 11.8 Å². The first kappa shape index (κ1) is 17.4. The van der Waals surface area contributed by atoms with Crippen molar-refractivity contribution < 1.29 is 9.59 Å². The summed E-state index contributed by atoms with van der Waals surface area (Å²) >= 11 is 1.61. The maximum absolute atomic E-state index is 12.5. The molecule has 0 fully saturated rings. The molecule has 0 saturated carbocycles. The van der Waals surface area contributed by atoms with E-state index in [1.54, 1.807) is 29.2 Å². The van der Waals surface area contributed by atoms with Gasteiger partial charge in [-0.2, -0.15) is 0 Å². The Bertz CT molecular complexity index is 489. The van der Waals surface area contributed by atoms with Gasteiger partial charge in [-0.15, -0.1) is 17.9 Å². The number of hydrogen-bond donors (Lipinski definition) is 1. The average Bonchev–Trinajstić information content (AvgIpc) is 2.89. The summed E-state index contributed by atoms with van der Waals surface area (Å²) in [6.07, 6.45) is 1.70. The lowest BCUT2D eigenvalue weighted by Gasteiger charge is -2.27. The van der Waals surface area contributed by atoms with E-state index in [-0.39, 0.29) is 11.8 Å². The van der Waals surface area contributed by atoms with Gasteiger partial charge < -0.3 is 10.2 Å². The topological polar surface area (TPSA) is 49.4 Å². The van der Waals surface area contributed by atoms with Crippen molar-refractivity contribution >= 4 is 23.2 Å². The van der Waals surface area contributed by atoms with E-state index in [1.807, 2.05) is 38.3 Å². The second-order valence-electron chi connectivity index (χ2n) is 6.03. The van der Waals surface area contributed by atoms with E-state index in [9.17, 15) is 9.59 Å². The molecule has 0 aromatic carbocycles. The smallest absolute Gasteiger partial charge is 0.245 e. The molecule has 1 heterocycles. The molecule has 0 radical (unpaired) electrons. The molecule has 1 rings (SSSR count). The summed E-state index contributed by atoms with van der Waals surface area (Å²) < 4.78 is 0. The van der Waals surface area contributed by atoms with Gasteiger partial charge in [0.25, 0.3) is 0 Å². The quantitative estimate of drug-likeness (QED) is 0.822. The monoisotopic (exact) mass is 308 g/mol. The van der Waals surface area contributed by atoms with E-state index in [4.69, 9.17) is 0 Å². The number of carbonyl (C=O) groups is 2. The molecule has 5 heteroatoms. The predicted molar refractivity (Wildman–Crippen MR) is 87.0 cm³/mol. The number of thiophene rings is 1. The van der Waals surface area contributed by atoms with Gasteiger partial charge >= 0.3 is 0 Å². The molecule has 0 aliphatic heterocycles. The van der Waals surface area contributed by atoms with Crippen LogP contribution >= 0.6 is 11.3 Å². The van der Waals surface area contributed by atoms with Crippen LogP contribution in [0, 0.1) is 5.41 Å². The molecule has 4 nitrogen and oxygen atoms in total. The highest BCUT2D eigenvalue weighted by molar-refractivity contribution is 7.09. The summed E-state index contributed by atoms with van der Waals surface area (Å²) in [5, 5.41) is 4.76. The fourth-order valence-corrected chi connectivity index (χ4v) is 2.45. The predicted octanol–water partition coefficient (Wildman–Crippen LogP) is 2.81. The van der Waals surface area contributed by atoms with E-state index >= 15 is 0 Å². The molecular formula is C16H24N2O2S. The first-order chi connectivity index (χ1) is 9.75. The Kier molecular flexibility index (Phi) is 6.15. The Hall–Kier alpha value is -1.62. The Morgan fingerprint density at radius 1 is 1.48 bits per heavy atom. The molecule has 1 N–H and O–H groups in total. The van der Waals surface area contributed by atoms with Gasteiger partial charge in [0, 0.05) is 16.8 Å². The highest BCUT2D eigenvalue weighted by Gasteiger charge is 2.27. The highest BCUT2D eigenvalue weighted by Crippen LogP contribution is 2.15. The zero-order valence-corrected chi connectivity index (χ0v) is 14.0. The zero-order valence-electron chi connectivity index (χ0n) is 13.2. The van der Waals surface area contributed by atoms with Gasteiger partial charge in [-0.1, -0.05) is 32.9 Å². The van der Waals surface area contributed by atoms with E-state index < -0.39 is 11.5 Å². The molecule has 0 saturated heterocycles. The molecule has 21 heavy (non-hydrogen) atoms. The number of amides is 2. The minimum absolute atomic E-state index is 0.0964. The molecule has 0 bridgehead atoms. The molecule has 116 valence electrons. The van der Waals surface area contributed by atoms with Gasteiger partial charge in [0.15, 0.2) is 0 Å².